The summed E-state index contributed by atoms with van der Waals surface area (Å²) >= 11 is 0. The van der Waals surface area contributed by atoms with E-state index in [1.807, 2.05) is 60.4 Å². The highest BCUT2D eigenvalue weighted by Gasteiger charge is 2.18. The van der Waals surface area contributed by atoms with E-state index in [-0.39, 0.29) is 5.91 Å². The lowest BCUT2D eigenvalue weighted by atomic mass is 10.1. The summed E-state index contributed by atoms with van der Waals surface area (Å²) in [7, 11) is 0. The van der Waals surface area contributed by atoms with Gasteiger partial charge in [0, 0.05) is 18.5 Å². The first kappa shape index (κ1) is 14.4. The van der Waals surface area contributed by atoms with E-state index >= 15 is 0 Å². The summed E-state index contributed by atoms with van der Waals surface area (Å²) in [4.78, 5) is 14.4. The number of hydrogen-bond donors (Lipinski definition) is 0. The van der Waals surface area contributed by atoms with E-state index in [9.17, 15) is 4.79 Å². The number of para-hydroxylation sites is 1. The molecule has 1 aromatic heterocycles. The third kappa shape index (κ3) is 3.03. The molecule has 1 heterocycles. The van der Waals surface area contributed by atoms with Gasteiger partial charge in [-0.25, -0.2) is 0 Å². The Kier molecular flexibility index (Phi) is 4.24. The minimum atomic E-state index is -0.0466. The van der Waals surface area contributed by atoms with Crippen LogP contribution in [-0.4, -0.2) is 23.9 Å². The quantitative estimate of drug-likeness (QED) is 0.708. The lowest BCUT2D eigenvalue weighted by Crippen LogP contribution is -2.32. The molecule has 0 aliphatic carbocycles. The predicted octanol–water partition coefficient (Wildman–Crippen LogP) is 4.14. The summed E-state index contributed by atoms with van der Waals surface area (Å²) < 4.78 is 5.67. The van der Waals surface area contributed by atoms with Crippen molar-refractivity contribution in [3.05, 3.63) is 72.0 Å². The third-order valence-electron chi connectivity index (χ3n) is 3.82. The fourth-order valence-corrected chi connectivity index (χ4v) is 2.56. The van der Waals surface area contributed by atoms with Crippen LogP contribution in [0.2, 0.25) is 0 Å². The number of nitrogens with zero attached hydrogens (tertiary/aromatic N) is 1. The molecular formula is C19H19NO2. The van der Waals surface area contributed by atoms with Gasteiger partial charge in [0.1, 0.15) is 5.58 Å². The molecule has 0 unspecified atom stereocenters. The van der Waals surface area contributed by atoms with Crippen LogP contribution in [0.4, 0.5) is 0 Å². The molecule has 112 valence electrons. The summed E-state index contributed by atoms with van der Waals surface area (Å²) in [5, 5.41) is 0.963. The van der Waals surface area contributed by atoms with Crippen LogP contribution in [-0.2, 0) is 6.42 Å². The van der Waals surface area contributed by atoms with E-state index < -0.39 is 0 Å². The number of hydrogen-bond acceptors (Lipinski definition) is 2. The summed E-state index contributed by atoms with van der Waals surface area (Å²) in [5.41, 5.74) is 1.99. The number of benzene rings is 2. The summed E-state index contributed by atoms with van der Waals surface area (Å²) in [6, 6.07) is 19.7. The van der Waals surface area contributed by atoms with Crippen LogP contribution >= 0.6 is 0 Å². The highest BCUT2D eigenvalue weighted by Crippen LogP contribution is 2.20. The van der Waals surface area contributed by atoms with Crippen LogP contribution < -0.4 is 0 Å². The molecule has 0 N–H and O–H groups in total. The average Bonchev–Trinajstić information content (AvgIpc) is 3.00. The second kappa shape index (κ2) is 6.48. The van der Waals surface area contributed by atoms with Gasteiger partial charge in [0.2, 0.25) is 0 Å². The summed E-state index contributed by atoms with van der Waals surface area (Å²) in [6.45, 7) is 3.35. The standard InChI is InChI=1S/C19H19NO2/c1-2-20(13-12-15-8-4-3-5-9-15)19(21)18-14-16-10-6-7-11-17(16)22-18/h3-11,14H,2,12-13H2,1H3. The molecule has 0 fully saturated rings. The van der Waals surface area contributed by atoms with Crippen LogP contribution in [0.1, 0.15) is 23.0 Å². The van der Waals surface area contributed by atoms with Crippen molar-refractivity contribution in [2.45, 2.75) is 13.3 Å². The minimum Gasteiger partial charge on any atom is -0.451 e. The van der Waals surface area contributed by atoms with Gasteiger partial charge < -0.3 is 9.32 Å². The van der Waals surface area contributed by atoms with Gasteiger partial charge in [-0.1, -0.05) is 48.5 Å². The zero-order valence-corrected chi connectivity index (χ0v) is 12.7. The number of likely N-dealkylation sites (N-methyl/N-ethyl adjacent to an activating group) is 1. The van der Waals surface area contributed by atoms with Crippen molar-refractivity contribution in [2.75, 3.05) is 13.1 Å². The zero-order valence-electron chi connectivity index (χ0n) is 12.7. The lowest BCUT2D eigenvalue weighted by Gasteiger charge is -2.19. The van der Waals surface area contributed by atoms with Gasteiger partial charge in [0.05, 0.1) is 0 Å². The average molecular weight is 293 g/mol. The second-order valence-corrected chi connectivity index (χ2v) is 5.27. The smallest absolute Gasteiger partial charge is 0.289 e. The first-order valence-corrected chi connectivity index (χ1v) is 7.59. The molecule has 22 heavy (non-hydrogen) atoms. The van der Waals surface area contributed by atoms with Gasteiger partial charge in [0.25, 0.3) is 5.91 Å². The molecule has 3 nitrogen and oxygen atoms in total. The van der Waals surface area contributed by atoms with Crippen LogP contribution in [0, 0.1) is 0 Å². The first-order valence-electron chi connectivity index (χ1n) is 7.59. The fourth-order valence-electron chi connectivity index (χ4n) is 2.56. The number of amides is 1. The van der Waals surface area contributed by atoms with Crippen molar-refractivity contribution in [1.82, 2.24) is 4.90 Å². The van der Waals surface area contributed by atoms with Gasteiger partial charge in [-0.15, -0.1) is 0 Å². The number of fused-ring (bicyclic) bond motifs is 1. The normalized spacial score (nSPS) is 10.8. The van der Waals surface area contributed by atoms with Crippen molar-refractivity contribution in [1.29, 1.82) is 0 Å². The predicted molar refractivity (Wildman–Crippen MR) is 87.9 cm³/mol. The lowest BCUT2D eigenvalue weighted by molar-refractivity contribution is 0.0736. The van der Waals surface area contributed by atoms with E-state index in [2.05, 4.69) is 12.1 Å². The van der Waals surface area contributed by atoms with Crippen LogP contribution in [0.3, 0.4) is 0 Å². The fraction of sp³-hybridized carbons (Fsp3) is 0.211. The Morgan fingerprint density at radius 3 is 2.50 bits per heavy atom. The maximum Gasteiger partial charge on any atom is 0.289 e. The molecule has 3 heteroatoms. The summed E-state index contributed by atoms with van der Waals surface area (Å²) in [6.07, 6.45) is 0.848. The molecule has 2 aromatic carbocycles. The molecule has 0 atom stereocenters. The Balaban J connectivity index is 1.73. The highest BCUT2D eigenvalue weighted by atomic mass is 16.3. The van der Waals surface area contributed by atoms with Crippen molar-refractivity contribution < 1.29 is 9.21 Å². The third-order valence-corrected chi connectivity index (χ3v) is 3.82. The molecule has 0 aliphatic heterocycles. The van der Waals surface area contributed by atoms with Gasteiger partial charge in [-0.3, -0.25) is 4.79 Å². The monoisotopic (exact) mass is 293 g/mol. The maximum atomic E-state index is 12.6. The van der Waals surface area contributed by atoms with Crippen LogP contribution in [0.5, 0.6) is 0 Å². The van der Waals surface area contributed by atoms with Crippen molar-refractivity contribution in [3.63, 3.8) is 0 Å². The number of rotatable bonds is 5. The molecule has 0 saturated heterocycles. The maximum absolute atomic E-state index is 12.6. The Labute approximate surface area is 130 Å². The summed E-state index contributed by atoms with van der Waals surface area (Å²) in [5.74, 6) is 0.366. The molecule has 3 aromatic rings. The van der Waals surface area contributed by atoms with Gasteiger partial charge in [0.15, 0.2) is 5.76 Å². The first-order chi connectivity index (χ1) is 10.8. The SMILES string of the molecule is CCN(CCc1ccccc1)C(=O)c1cc2ccccc2o1. The molecular weight excluding hydrogens is 274 g/mol. The van der Waals surface area contributed by atoms with Crippen molar-refractivity contribution >= 4 is 16.9 Å². The van der Waals surface area contributed by atoms with E-state index in [0.717, 1.165) is 17.4 Å². The molecule has 0 saturated carbocycles. The Morgan fingerprint density at radius 2 is 1.77 bits per heavy atom. The molecule has 0 radical (unpaired) electrons. The number of carbonyl (C=O) groups is 1. The highest BCUT2D eigenvalue weighted by molar-refractivity contribution is 5.96. The Morgan fingerprint density at radius 1 is 1.05 bits per heavy atom. The van der Waals surface area contributed by atoms with Crippen LogP contribution in [0.15, 0.2) is 65.1 Å². The molecule has 0 bridgehead atoms. The Bertz CT molecular complexity index is 728. The van der Waals surface area contributed by atoms with Gasteiger partial charge in [-0.05, 0) is 31.0 Å². The van der Waals surface area contributed by atoms with Crippen molar-refractivity contribution in [2.24, 2.45) is 0 Å². The Hall–Kier alpha value is -2.55. The largest absolute Gasteiger partial charge is 0.451 e. The second-order valence-electron chi connectivity index (χ2n) is 5.27. The number of furan rings is 1. The van der Waals surface area contributed by atoms with Gasteiger partial charge >= 0.3 is 0 Å². The van der Waals surface area contributed by atoms with Crippen molar-refractivity contribution in [3.8, 4) is 0 Å². The van der Waals surface area contributed by atoms with E-state index in [0.29, 0.717) is 18.8 Å². The molecule has 0 aliphatic rings. The van der Waals surface area contributed by atoms with E-state index in [1.54, 1.807) is 0 Å². The molecule has 1 amide bonds. The van der Waals surface area contributed by atoms with Gasteiger partial charge in [-0.2, -0.15) is 0 Å². The topological polar surface area (TPSA) is 33.5 Å². The van der Waals surface area contributed by atoms with E-state index in [1.165, 1.54) is 5.56 Å². The van der Waals surface area contributed by atoms with Crippen LogP contribution in [0.25, 0.3) is 11.0 Å². The number of carbonyl (C=O) groups excluding carboxylic acids is 1. The zero-order chi connectivity index (χ0) is 15.4. The molecule has 3 rings (SSSR count). The minimum absolute atomic E-state index is 0.0466. The van der Waals surface area contributed by atoms with E-state index in [4.69, 9.17) is 4.42 Å². The molecule has 0 spiro atoms.